The van der Waals surface area contributed by atoms with Gasteiger partial charge in [0.2, 0.25) is 0 Å². The summed E-state index contributed by atoms with van der Waals surface area (Å²) in [5.74, 6) is 1.74. The number of nitrogens with zero attached hydrogens (tertiary/aromatic N) is 5. The first-order valence-electron chi connectivity index (χ1n) is 5.73. The highest BCUT2D eigenvalue weighted by Crippen LogP contribution is 2.24. The van der Waals surface area contributed by atoms with E-state index >= 15 is 0 Å². The van der Waals surface area contributed by atoms with Gasteiger partial charge in [0.05, 0.1) is 16.8 Å². The van der Waals surface area contributed by atoms with Crippen LogP contribution in [0.1, 0.15) is 5.82 Å². The number of benzene rings is 1. The minimum Gasteiger partial charge on any atom is -0.330 e. The molecule has 3 rings (SSSR count). The van der Waals surface area contributed by atoms with Crippen LogP contribution in [0.5, 0.6) is 0 Å². The van der Waals surface area contributed by atoms with Crippen molar-refractivity contribution < 1.29 is 0 Å². The van der Waals surface area contributed by atoms with Crippen molar-refractivity contribution in [2.24, 2.45) is 14.1 Å². The van der Waals surface area contributed by atoms with Gasteiger partial charge in [-0.2, -0.15) is 0 Å². The topological polar surface area (TPSA) is 48.5 Å². The molecule has 0 unspecified atom stereocenters. The molecule has 0 saturated heterocycles. The monoisotopic (exact) mass is 293 g/mol. The lowest BCUT2D eigenvalue weighted by atomic mass is 10.3. The Morgan fingerprint density at radius 3 is 2.89 bits per heavy atom. The van der Waals surface area contributed by atoms with Crippen LogP contribution in [0.25, 0.3) is 11.0 Å². The zero-order chi connectivity index (χ0) is 13.4. The number of aryl methyl sites for hydroxylation is 2. The minimum absolute atomic E-state index is 0.707. The van der Waals surface area contributed by atoms with E-state index in [4.69, 9.17) is 11.6 Å². The van der Waals surface area contributed by atoms with Gasteiger partial charge < -0.3 is 9.13 Å². The predicted octanol–water partition coefficient (Wildman–Crippen LogP) is 2.65. The van der Waals surface area contributed by atoms with Crippen molar-refractivity contribution >= 4 is 34.4 Å². The van der Waals surface area contributed by atoms with Crippen molar-refractivity contribution in [3.8, 4) is 0 Å². The molecule has 0 bridgehead atoms. The summed E-state index contributed by atoms with van der Waals surface area (Å²) >= 11 is 7.60. The van der Waals surface area contributed by atoms with E-state index in [1.807, 2.05) is 36.9 Å². The van der Waals surface area contributed by atoms with E-state index in [-0.39, 0.29) is 0 Å². The number of imidazole rings is 1. The van der Waals surface area contributed by atoms with Gasteiger partial charge >= 0.3 is 0 Å². The van der Waals surface area contributed by atoms with Crippen LogP contribution in [0.4, 0.5) is 0 Å². The summed E-state index contributed by atoms with van der Waals surface area (Å²) in [4.78, 5) is 4.60. The maximum atomic E-state index is 5.98. The quantitative estimate of drug-likeness (QED) is 0.697. The molecule has 0 radical (unpaired) electrons. The van der Waals surface area contributed by atoms with Crippen molar-refractivity contribution in [3.05, 3.63) is 35.4 Å². The van der Waals surface area contributed by atoms with E-state index in [2.05, 4.69) is 19.7 Å². The second-order valence-corrected chi connectivity index (χ2v) is 5.61. The van der Waals surface area contributed by atoms with E-state index in [0.29, 0.717) is 5.02 Å². The van der Waals surface area contributed by atoms with Gasteiger partial charge in [0, 0.05) is 19.1 Å². The van der Waals surface area contributed by atoms with Crippen LogP contribution in [0.3, 0.4) is 0 Å². The Balaban J connectivity index is 1.89. The average molecular weight is 294 g/mol. The molecule has 3 aromatic rings. The minimum atomic E-state index is 0.707. The molecular formula is C12H12ClN5S. The number of hydrogen-bond acceptors (Lipinski definition) is 4. The molecule has 0 aliphatic rings. The third-order valence-electron chi connectivity index (χ3n) is 2.94. The third kappa shape index (κ3) is 2.33. The Bertz CT molecular complexity index is 733. The molecule has 0 atom stereocenters. The molecule has 0 spiro atoms. The van der Waals surface area contributed by atoms with Gasteiger partial charge in [-0.05, 0) is 18.2 Å². The first kappa shape index (κ1) is 12.5. The smallest absolute Gasteiger partial charge is 0.191 e. The standard InChI is InChI=1S/C12H12ClN5S/c1-17-7-14-16-12(17)19-6-11-15-9-5-8(13)3-4-10(9)18(11)2/h3-5,7H,6H2,1-2H3. The van der Waals surface area contributed by atoms with Crippen LogP contribution < -0.4 is 0 Å². The van der Waals surface area contributed by atoms with E-state index < -0.39 is 0 Å². The molecule has 0 N–H and O–H groups in total. The van der Waals surface area contributed by atoms with Gasteiger partial charge in [0.1, 0.15) is 12.2 Å². The van der Waals surface area contributed by atoms with Gasteiger partial charge in [0.15, 0.2) is 5.16 Å². The van der Waals surface area contributed by atoms with Crippen LogP contribution >= 0.6 is 23.4 Å². The highest BCUT2D eigenvalue weighted by Gasteiger charge is 2.10. The summed E-state index contributed by atoms with van der Waals surface area (Å²) < 4.78 is 3.97. The zero-order valence-electron chi connectivity index (χ0n) is 10.5. The molecule has 0 aliphatic heterocycles. The fraction of sp³-hybridized carbons (Fsp3) is 0.250. The van der Waals surface area contributed by atoms with E-state index in [9.17, 15) is 0 Å². The molecule has 1 aromatic carbocycles. The normalized spacial score (nSPS) is 11.3. The highest BCUT2D eigenvalue weighted by molar-refractivity contribution is 7.98. The Hall–Kier alpha value is -1.53. The van der Waals surface area contributed by atoms with Gasteiger partial charge in [-0.15, -0.1) is 10.2 Å². The molecule has 0 amide bonds. The molecular weight excluding hydrogens is 282 g/mol. The lowest BCUT2D eigenvalue weighted by molar-refractivity contribution is 0.785. The van der Waals surface area contributed by atoms with Gasteiger partial charge in [-0.25, -0.2) is 4.98 Å². The molecule has 0 aliphatic carbocycles. The van der Waals surface area contributed by atoms with E-state index in [0.717, 1.165) is 27.8 Å². The van der Waals surface area contributed by atoms with Crippen LogP contribution in [0.15, 0.2) is 29.7 Å². The number of halogens is 1. The molecule has 2 heterocycles. The Morgan fingerprint density at radius 2 is 2.16 bits per heavy atom. The predicted molar refractivity (Wildman–Crippen MR) is 76.3 cm³/mol. The maximum absolute atomic E-state index is 5.98. The van der Waals surface area contributed by atoms with Crippen LogP contribution in [-0.2, 0) is 19.8 Å². The van der Waals surface area contributed by atoms with Crippen molar-refractivity contribution in [2.75, 3.05) is 0 Å². The summed E-state index contributed by atoms with van der Waals surface area (Å²) in [7, 11) is 3.94. The number of rotatable bonds is 3. The summed E-state index contributed by atoms with van der Waals surface area (Å²) in [6, 6.07) is 5.75. The second-order valence-electron chi connectivity index (χ2n) is 4.23. The fourth-order valence-corrected chi connectivity index (χ4v) is 2.92. The highest BCUT2D eigenvalue weighted by atomic mass is 35.5. The second kappa shape index (κ2) is 4.86. The molecule has 2 aromatic heterocycles. The Morgan fingerprint density at radius 1 is 1.32 bits per heavy atom. The zero-order valence-corrected chi connectivity index (χ0v) is 12.1. The van der Waals surface area contributed by atoms with E-state index in [1.54, 1.807) is 18.1 Å². The van der Waals surface area contributed by atoms with Gasteiger partial charge in [0.25, 0.3) is 0 Å². The number of aromatic nitrogens is 5. The number of fused-ring (bicyclic) bond motifs is 1. The van der Waals surface area contributed by atoms with Crippen LogP contribution in [0, 0.1) is 0 Å². The first-order valence-corrected chi connectivity index (χ1v) is 7.09. The molecule has 98 valence electrons. The molecule has 7 heteroatoms. The Kier molecular flexibility index (Phi) is 3.20. The maximum Gasteiger partial charge on any atom is 0.191 e. The lowest BCUT2D eigenvalue weighted by Gasteiger charge is -2.01. The van der Waals surface area contributed by atoms with Gasteiger partial charge in [-0.3, -0.25) is 0 Å². The summed E-state index contributed by atoms with van der Waals surface area (Å²) in [5.41, 5.74) is 2.00. The van der Waals surface area contributed by atoms with Gasteiger partial charge in [-0.1, -0.05) is 23.4 Å². The summed E-state index contributed by atoms with van der Waals surface area (Å²) in [5, 5.41) is 9.49. The molecule has 19 heavy (non-hydrogen) atoms. The number of hydrogen-bond donors (Lipinski definition) is 0. The number of thioether (sulfide) groups is 1. The van der Waals surface area contributed by atoms with Crippen LogP contribution in [0.2, 0.25) is 5.02 Å². The lowest BCUT2D eigenvalue weighted by Crippen LogP contribution is -1.97. The fourth-order valence-electron chi connectivity index (χ4n) is 1.88. The third-order valence-corrected chi connectivity index (χ3v) is 4.20. The summed E-state index contributed by atoms with van der Waals surface area (Å²) in [6.45, 7) is 0. The largest absolute Gasteiger partial charge is 0.330 e. The van der Waals surface area contributed by atoms with Crippen molar-refractivity contribution in [1.82, 2.24) is 24.3 Å². The van der Waals surface area contributed by atoms with Crippen molar-refractivity contribution in [3.63, 3.8) is 0 Å². The van der Waals surface area contributed by atoms with Crippen molar-refractivity contribution in [1.29, 1.82) is 0 Å². The SMILES string of the molecule is Cn1cnnc1SCc1nc2cc(Cl)ccc2n1C. The van der Waals surface area contributed by atoms with Crippen molar-refractivity contribution in [2.45, 2.75) is 10.9 Å². The molecule has 5 nitrogen and oxygen atoms in total. The molecule has 0 saturated carbocycles. The Labute approximate surface area is 119 Å². The molecule has 0 fully saturated rings. The van der Waals surface area contributed by atoms with Crippen LogP contribution in [-0.4, -0.2) is 24.3 Å². The van der Waals surface area contributed by atoms with E-state index in [1.165, 1.54) is 0 Å². The average Bonchev–Trinajstić information content (AvgIpc) is 2.91. The first-order chi connectivity index (χ1) is 9.15. The summed E-state index contributed by atoms with van der Waals surface area (Å²) in [6.07, 6.45) is 1.69.